The van der Waals surface area contributed by atoms with E-state index >= 15 is 0 Å². The number of H-pyrrole nitrogens is 1. The van der Waals surface area contributed by atoms with Gasteiger partial charge in [0.25, 0.3) is 0 Å². The first-order valence-electron chi connectivity index (χ1n) is 5.98. The van der Waals surface area contributed by atoms with E-state index < -0.39 is 0 Å². The number of fused-ring (bicyclic) bond motifs is 1. The fourth-order valence-corrected chi connectivity index (χ4v) is 1.94. The van der Waals surface area contributed by atoms with Crippen LogP contribution in [-0.2, 0) is 0 Å². The highest BCUT2D eigenvalue weighted by atomic mass is 15.3. The molecule has 2 N–H and O–H groups in total. The van der Waals surface area contributed by atoms with Crippen LogP contribution in [0.3, 0.4) is 0 Å². The van der Waals surface area contributed by atoms with Crippen LogP contribution in [0.4, 0.5) is 11.9 Å². The lowest BCUT2D eigenvalue weighted by Gasteiger charge is -2.10. The number of nitrogens with one attached hydrogen (secondary N) is 2. The summed E-state index contributed by atoms with van der Waals surface area (Å²) in [4.78, 5) is 12.0. The minimum absolute atomic E-state index is 0.361. The normalized spacial score (nSPS) is 11.3. The molecule has 0 aliphatic heterocycles. The lowest BCUT2D eigenvalue weighted by molar-refractivity contribution is 0.607. The van der Waals surface area contributed by atoms with Gasteiger partial charge in [0.05, 0.1) is 11.0 Å². The molecule has 0 aliphatic carbocycles. The number of rotatable bonds is 3. The van der Waals surface area contributed by atoms with Gasteiger partial charge in [0.15, 0.2) is 0 Å². The zero-order valence-corrected chi connectivity index (χ0v) is 10.4. The second-order valence-corrected chi connectivity index (χ2v) is 4.48. The number of nitrogens with zero attached hydrogens (tertiary/aromatic N) is 3. The van der Waals surface area contributed by atoms with E-state index in [9.17, 15) is 0 Å². The Labute approximate surface area is 105 Å². The summed E-state index contributed by atoms with van der Waals surface area (Å²) in [5.41, 5.74) is 1.96. The Morgan fingerprint density at radius 1 is 1.28 bits per heavy atom. The van der Waals surface area contributed by atoms with Crippen molar-refractivity contribution in [2.45, 2.75) is 19.9 Å². The third kappa shape index (κ3) is 1.84. The van der Waals surface area contributed by atoms with Crippen LogP contribution in [0, 0.1) is 0 Å². The summed E-state index contributed by atoms with van der Waals surface area (Å²) in [6, 6.07) is 8.30. The molecule has 0 saturated heterocycles. The van der Waals surface area contributed by atoms with Gasteiger partial charge in [-0.15, -0.1) is 0 Å². The number of hydrogen-bond acceptors (Lipinski definition) is 3. The number of para-hydroxylation sites is 2. The number of hydrogen-bond donors (Lipinski definition) is 2. The first-order valence-corrected chi connectivity index (χ1v) is 5.98. The van der Waals surface area contributed by atoms with Crippen LogP contribution in [0.15, 0.2) is 36.7 Å². The molecule has 3 rings (SSSR count). The molecule has 0 radical (unpaired) electrons. The average Bonchev–Trinajstić information content (AvgIpc) is 2.94. The molecule has 0 bridgehead atoms. The summed E-state index contributed by atoms with van der Waals surface area (Å²) in [6.45, 7) is 4.23. The van der Waals surface area contributed by atoms with Gasteiger partial charge in [0.2, 0.25) is 11.9 Å². The van der Waals surface area contributed by atoms with E-state index in [4.69, 9.17) is 0 Å². The summed E-state index contributed by atoms with van der Waals surface area (Å²) >= 11 is 0. The van der Waals surface area contributed by atoms with Gasteiger partial charge in [0, 0.05) is 18.4 Å². The molecule has 18 heavy (non-hydrogen) atoms. The molecule has 0 amide bonds. The Balaban J connectivity index is 1.94. The molecule has 0 unspecified atom stereocenters. The van der Waals surface area contributed by atoms with Gasteiger partial charge >= 0.3 is 0 Å². The predicted molar refractivity (Wildman–Crippen MR) is 72.0 cm³/mol. The van der Waals surface area contributed by atoms with Crippen molar-refractivity contribution in [2.75, 3.05) is 5.32 Å². The Bertz CT molecular complexity index is 632. The van der Waals surface area contributed by atoms with Gasteiger partial charge < -0.3 is 9.55 Å². The van der Waals surface area contributed by atoms with Crippen molar-refractivity contribution in [3.63, 3.8) is 0 Å². The number of imidazole rings is 2. The largest absolute Gasteiger partial charge is 0.324 e. The predicted octanol–water partition coefficient (Wildman–Crippen LogP) is 3.08. The lowest BCUT2D eigenvalue weighted by atomic mass is 10.3. The zero-order valence-electron chi connectivity index (χ0n) is 10.4. The minimum atomic E-state index is 0.361. The van der Waals surface area contributed by atoms with E-state index in [1.807, 2.05) is 30.5 Å². The molecular formula is C13H15N5. The second-order valence-electron chi connectivity index (χ2n) is 4.48. The van der Waals surface area contributed by atoms with Crippen LogP contribution in [0.5, 0.6) is 0 Å². The summed E-state index contributed by atoms with van der Waals surface area (Å²) in [5.74, 6) is 1.51. The molecular weight excluding hydrogens is 226 g/mol. The van der Waals surface area contributed by atoms with Crippen molar-refractivity contribution in [1.29, 1.82) is 0 Å². The Kier molecular flexibility index (Phi) is 2.51. The molecule has 5 nitrogen and oxygen atoms in total. The molecule has 1 aromatic carbocycles. The smallest absolute Gasteiger partial charge is 0.209 e. The molecule has 0 spiro atoms. The minimum Gasteiger partial charge on any atom is -0.324 e. The van der Waals surface area contributed by atoms with Gasteiger partial charge in [-0.05, 0) is 26.0 Å². The highest BCUT2D eigenvalue weighted by Gasteiger charge is 2.08. The standard InChI is InChI=1S/C13H15N5/c1-9(2)18-8-7-14-13(18)17-12-15-10-5-3-4-6-11(10)16-12/h3-9H,1-2H3,(H2,14,15,16,17). The van der Waals surface area contributed by atoms with E-state index in [1.165, 1.54) is 0 Å². The quantitative estimate of drug-likeness (QED) is 0.740. The molecule has 0 aliphatic rings. The number of aromatic nitrogens is 4. The van der Waals surface area contributed by atoms with Crippen LogP contribution in [0.1, 0.15) is 19.9 Å². The number of anilines is 2. The fraction of sp³-hybridized carbons (Fsp3) is 0.231. The van der Waals surface area contributed by atoms with Crippen LogP contribution in [0.25, 0.3) is 11.0 Å². The summed E-state index contributed by atoms with van der Waals surface area (Å²) in [7, 11) is 0. The molecule has 0 fully saturated rings. The average molecular weight is 241 g/mol. The molecule has 3 aromatic rings. The van der Waals surface area contributed by atoms with Crippen molar-refractivity contribution in [3.05, 3.63) is 36.7 Å². The van der Waals surface area contributed by atoms with Gasteiger partial charge in [-0.25, -0.2) is 9.97 Å². The van der Waals surface area contributed by atoms with E-state index in [-0.39, 0.29) is 0 Å². The van der Waals surface area contributed by atoms with Crippen molar-refractivity contribution in [2.24, 2.45) is 0 Å². The Morgan fingerprint density at radius 2 is 2.11 bits per heavy atom. The second kappa shape index (κ2) is 4.18. The highest BCUT2D eigenvalue weighted by molar-refractivity contribution is 5.77. The van der Waals surface area contributed by atoms with E-state index in [0.717, 1.165) is 17.0 Å². The van der Waals surface area contributed by atoms with Crippen LogP contribution in [0.2, 0.25) is 0 Å². The number of benzene rings is 1. The van der Waals surface area contributed by atoms with Crippen LogP contribution in [-0.4, -0.2) is 19.5 Å². The third-order valence-corrected chi connectivity index (χ3v) is 2.84. The van der Waals surface area contributed by atoms with Crippen LogP contribution >= 0.6 is 0 Å². The first kappa shape index (κ1) is 10.8. The van der Waals surface area contributed by atoms with Crippen LogP contribution < -0.4 is 5.32 Å². The van der Waals surface area contributed by atoms with Crippen molar-refractivity contribution >= 4 is 22.9 Å². The monoisotopic (exact) mass is 241 g/mol. The van der Waals surface area contributed by atoms with E-state index in [2.05, 4.69) is 38.7 Å². The molecule has 0 atom stereocenters. The topological polar surface area (TPSA) is 58.5 Å². The molecule has 5 heteroatoms. The summed E-state index contributed by atoms with van der Waals surface area (Å²) < 4.78 is 2.06. The van der Waals surface area contributed by atoms with Crippen molar-refractivity contribution < 1.29 is 0 Å². The molecule has 2 aromatic heterocycles. The first-order chi connectivity index (χ1) is 8.74. The molecule has 2 heterocycles. The summed E-state index contributed by atoms with van der Waals surface area (Å²) in [6.07, 6.45) is 3.74. The van der Waals surface area contributed by atoms with Gasteiger partial charge in [-0.3, -0.25) is 5.32 Å². The Morgan fingerprint density at radius 3 is 2.89 bits per heavy atom. The number of aromatic amines is 1. The van der Waals surface area contributed by atoms with E-state index in [0.29, 0.717) is 12.0 Å². The molecule has 92 valence electrons. The zero-order chi connectivity index (χ0) is 12.5. The fourth-order valence-electron chi connectivity index (χ4n) is 1.94. The maximum absolute atomic E-state index is 4.47. The van der Waals surface area contributed by atoms with Gasteiger partial charge in [-0.1, -0.05) is 12.1 Å². The molecule has 0 saturated carbocycles. The lowest BCUT2D eigenvalue weighted by Crippen LogP contribution is -2.05. The summed E-state index contributed by atoms with van der Waals surface area (Å²) in [5, 5.41) is 3.21. The van der Waals surface area contributed by atoms with E-state index in [1.54, 1.807) is 6.20 Å². The van der Waals surface area contributed by atoms with Gasteiger partial charge in [0.1, 0.15) is 0 Å². The maximum atomic E-state index is 4.47. The van der Waals surface area contributed by atoms with Crippen molar-refractivity contribution in [1.82, 2.24) is 19.5 Å². The van der Waals surface area contributed by atoms with Gasteiger partial charge in [-0.2, -0.15) is 0 Å². The SMILES string of the molecule is CC(C)n1ccnc1Nc1nc2ccccc2[nH]1. The van der Waals surface area contributed by atoms with Crippen molar-refractivity contribution in [3.8, 4) is 0 Å². The third-order valence-electron chi connectivity index (χ3n) is 2.84. The maximum Gasteiger partial charge on any atom is 0.209 e. The highest BCUT2D eigenvalue weighted by Crippen LogP contribution is 2.19. The Hall–Kier alpha value is -2.30.